The highest BCUT2D eigenvalue weighted by Gasteiger charge is 2.10. The lowest BCUT2D eigenvalue weighted by Crippen LogP contribution is -2.34. The lowest BCUT2D eigenvalue weighted by Gasteiger charge is -2.18. The first kappa shape index (κ1) is 18.0. The molecule has 0 fully saturated rings. The van der Waals surface area contributed by atoms with E-state index in [0.717, 1.165) is 22.4 Å². The average molecular weight is 328 g/mol. The first-order chi connectivity index (χ1) is 11.6. The van der Waals surface area contributed by atoms with Gasteiger partial charge in [-0.1, -0.05) is 36.4 Å². The fourth-order valence-corrected chi connectivity index (χ4v) is 2.37. The van der Waals surface area contributed by atoms with Crippen LogP contribution in [-0.4, -0.2) is 49.5 Å². The van der Waals surface area contributed by atoms with Crippen molar-refractivity contribution in [3.05, 3.63) is 54.1 Å². The predicted molar refractivity (Wildman–Crippen MR) is 96.2 cm³/mol. The molecule has 128 valence electrons. The van der Waals surface area contributed by atoms with Gasteiger partial charge >= 0.3 is 6.03 Å². The Balaban J connectivity index is 1.95. The van der Waals surface area contributed by atoms with Crippen LogP contribution in [0.3, 0.4) is 0 Å². The van der Waals surface area contributed by atoms with E-state index in [1.165, 1.54) is 0 Å². The van der Waals surface area contributed by atoms with Gasteiger partial charge in [-0.2, -0.15) is 0 Å². The number of likely N-dealkylation sites (N-methyl/N-ethyl adjacent to an activating group) is 1. The van der Waals surface area contributed by atoms with E-state index in [-0.39, 0.29) is 19.2 Å². The third-order valence-electron chi connectivity index (χ3n) is 3.72. The molecular weight excluding hydrogens is 304 g/mol. The molecule has 2 aromatic carbocycles. The summed E-state index contributed by atoms with van der Waals surface area (Å²) in [7, 11) is 1.71. The van der Waals surface area contributed by atoms with Gasteiger partial charge in [-0.05, 0) is 35.7 Å². The van der Waals surface area contributed by atoms with Crippen molar-refractivity contribution in [3.8, 4) is 11.1 Å². The summed E-state index contributed by atoms with van der Waals surface area (Å²) in [4.78, 5) is 13.7. The van der Waals surface area contributed by atoms with Crippen LogP contribution in [0.5, 0.6) is 0 Å². The van der Waals surface area contributed by atoms with Crippen LogP contribution in [0.1, 0.15) is 5.56 Å². The Kier molecular flexibility index (Phi) is 6.78. The first-order valence-electron chi connectivity index (χ1n) is 7.98. The Labute approximate surface area is 142 Å². The number of hydrogen-bond acceptors (Lipinski definition) is 3. The topological polar surface area (TPSA) is 61.8 Å². The van der Waals surface area contributed by atoms with Crippen LogP contribution in [0.15, 0.2) is 48.5 Å². The summed E-state index contributed by atoms with van der Waals surface area (Å²) in [5.74, 6) is 0. The molecule has 0 bridgehead atoms. The molecule has 0 saturated carbocycles. The van der Waals surface area contributed by atoms with Gasteiger partial charge in [0.05, 0.1) is 19.8 Å². The summed E-state index contributed by atoms with van der Waals surface area (Å²) in [6.45, 7) is 3.17. The van der Waals surface area contributed by atoms with Gasteiger partial charge in [0.15, 0.2) is 0 Å². The van der Waals surface area contributed by atoms with E-state index in [0.29, 0.717) is 13.2 Å². The van der Waals surface area contributed by atoms with E-state index in [2.05, 4.69) is 17.4 Å². The van der Waals surface area contributed by atoms with Crippen LogP contribution in [0, 0.1) is 6.92 Å². The van der Waals surface area contributed by atoms with Crippen molar-refractivity contribution in [1.82, 2.24) is 4.90 Å². The Hall–Kier alpha value is -2.37. The highest BCUT2D eigenvalue weighted by atomic mass is 16.5. The summed E-state index contributed by atoms with van der Waals surface area (Å²) < 4.78 is 5.17. The lowest BCUT2D eigenvalue weighted by molar-refractivity contribution is 0.0833. The number of aliphatic hydroxyl groups is 1. The Morgan fingerprint density at radius 1 is 1.17 bits per heavy atom. The highest BCUT2D eigenvalue weighted by molar-refractivity contribution is 5.89. The smallest absolute Gasteiger partial charge is 0.321 e. The molecule has 24 heavy (non-hydrogen) atoms. The maximum atomic E-state index is 12.2. The maximum Gasteiger partial charge on any atom is 0.321 e. The number of carbonyl (C=O) groups excluding carboxylic acids is 1. The molecule has 0 heterocycles. The van der Waals surface area contributed by atoms with Gasteiger partial charge < -0.3 is 20.1 Å². The first-order valence-corrected chi connectivity index (χ1v) is 7.98. The van der Waals surface area contributed by atoms with Crippen LogP contribution < -0.4 is 5.32 Å². The van der Waals surface area contributed by atoms with Gasteiger partial charge in [0.25, 0.3) is 0 Å². The molecule has 0 aromatic heterocycles. The molecule has 0 radical (unpaired) electrons. The second-order valence-electron chi connectivity index (χ2n) is 5.58. The zero-order valence-electron chi connectivity index (χ0n) is 14.2. The number of amides is 2. The molecular formula is C19H24N2O3. The fraction of sp³-hybridized carbons (Fsp3) is 0.316. The Bertz CT molecular complexity index is 659. The molecule has 2 aromatic rings. The molecule has 2 rings (SSSR count). The number of nitrogens with one attached hydrogen (secondary N) is 1. The van der Waals surface area contributed by atoms with E-state index < -0.39 is 0 Å². The van der Waals surface area contributed by atoms with Gasteiger partial charge in [-0.15, -0.1) is 0 Å². The molecule has 2 amide bonds. The summed E-state index contributed by atoms with van der Waals surface area (Å²) in [5.41, 5.74) is 4.18. The molecule has 0 spiro atoms. The van der Waals surface area contributed by atoms with E-state index in [9.17, 15) is 4.79 Å². The number of aliphatic hydroxyl groups excluding tert-OH is 1. The number of benzene rings is 2. The maximum absolute atomic E-state index is 12.2. The number of hydrogen-bond donors (Lipinski definition) is 2. The average Bonchev–Trinajstić information content (AvgIpc) is 2.59. The van der Waals surface area contributed by atoms with Crippen molar-refractivity contribution in [2.45, 2.75) is 6.92 Å². The number of anilines is 1. The van der Waals surface area contributed by atoms with Crippen LogP contribution >= 0.6 is 0 Å². The van der Waals surface area contributed by atoms with Gasteiger partial charge in [0.2, 0.25) is 0 Å². The van der Waals surface area contributed by atoms with Crippen LogP contribution in [0.4, 0.5) is 10.5 Å². The van der Waals surface area contributed by atoms with E-state index in [1.54, 1.807) is 11.9 Å². The Morgan fingerprint density at radius 3 is 2.58 bits per heavy atom. The molecule has 5 nitrogen and oxygen atoms in total. The number of aryl methyl sites for hydroxylation is 1. The predicted octanol–water partition coefficient (Wildman–Crippen LogP) is 3.13. The third-order valence-corrected chi connectivity index (χ3v) is 3.72. The molecule has 2 N–H and O–H groups in total. The van der Waals surface area contributed by atoms with Crippen LogP contribution in [0.25, 0.3) is 11.1 Å². The summed E-state index contributed by atoms with van der Waals surface area (Å²) in [6.07, 6.45) is 0. The molecule has 0 unspecified atom stereocenters. The summed E-state index contributed by atoms with van der Waals surface area (Å²) >= 11 is 0. The SMILES string of the molecule is Cc1cc(NC(=O)N(C)CCOCCO)ccc1-c1ccccc1. The van der Waals surface area contributed by atoms with E-state index in [4.69, 9.17) is 9.84 Å². The monoisotopic (exact) mass is 328 g/mol. The molecule has 0 aliphatic carbocycles. The fourth-order valence-electron chi connectivity index (χ4n) is 2.37. The summed E-state index contributed by atoms with van der Waals surface area (Å²) in [6, 6.07) is 15.9. The molecule has 0 atom stereocenters. The number of nitrogens with zero attached hydrogens (tertiary/aromatic N) is 1. The van der Waals surface area contributed by atoms with Gasteiger partial charge in [0.1, 0.15) is 0 Å². The summed E-state index contributed by atoms with van der Waals surface area (Å²) in [5, 5.41) is 11.5. The van der Waals surface area contributed by atoms with Gasteiger partial charge in [0, 0.05) is 19.3 Å². The molecule has 5 heteroatoms. The minimum atomic E-state index is -0.186. The van der Waals surface area contributed by atoms with Crippen molar-refractivity contribution < 1.29 is 14.6 Å². The van der Waals surface area contributed by atoms with Crippen LogP contribution in [0.2, 0.25) is 0 Å². The van der Waals surface area contributed by atoms with Crippen molar-refractivity contribution in [1.29, 1.82) is 0 Å². The van der Waals surface area contributed by atoms with Gasteiger partial charge in [-0.3, -0.25) is 0 Å². The lowest BCUT2D eigenvalue weighted by atomic mass is 10.0. The number of ether oxygens (including phenoxy) is 1. The minimum absolute atomic E-state index is 0.0110. The number of urea groups is 1. The molecule has 0 aliphatic heterocycles. The van der Waals surface area contributed by atoms with Crippen molar-refractivity contribution in [3.63, 3.8) is 0 Å². The van der Waals surface area contributed by atoms with E-state index in [1.807, 2.05) is 43.3 Å². The number of carbonyl (C=O) groups is 1. The minimum Gasteiger partial charge on any atom is -0.394 e. The second-order valence-corrected chi connectivity index (χ2v) is 5.58. The standard InChI is InChI=1S/C19H24N2O3/c1-15-14-17(8-9-18(15)16-6-4-3-5-7-16)20-19(23)21(2)10-12-24-13-11-22/h3-9,14,22H,10-13H2,1-2H3,(H,20,23). The normalized spacial score (nSPS) is 10.5. The third kappa shape index (κ3) is 5.08. The van der Waals surface area contributed by atoms with Crippen LogP contribution in [-0.2, 0) is 4.74 Å². The number of rotatable bonds is 7. The highest BCUT2D eigenvalue weighted by Crippen LogP contribution is 2.25. The zero-order chi connectivity index (χ0) is 17.4. The Morgan fingerprint density at radius 2 is 1.92 bits per heavy atom. The van der Waals surface area contributed by atoms with Crippen molar-refractivity contribution in [2.75, 3.05) is 38.7 Å². The van der Waals surface area contributed by atoms with Gasteiger partial charge in [-0.25, -0.2) is 4.79 Å². The zero-order valence-corrected chi connectivity index (χ0v) is 14.2. The largest absolute Gasteiger partial charge is 0.394 e. The van der Waals surface area contributed by atoms with Crippen molar-refractivity contribution in [2.24, 2.45) is 0 Å². The molecule has 0 saturated heterocycles. The van der Waals surface area contributed by atoms with E-state index >= 15 is 0 Å². The van der Waals surface area contributed by atoms with Crippen molar-refractivity contribution >= 4 is 11.7 Å². The second kappa shape index (κ2) is 9.05. The molecule has 0 aliphatic rings. The quantitative estimate of drug-likeness (QED) is 0.768.